The maximum atomic E-state index is 13.4. The van der Waals surface area contributed by atoms with Crippen LogP contribution < -0.4 is 31.4 Å². The van der Waals surface area contributed by atoms with Gasteiger partial charge in [-0.15, -0.1) is 0 Å². The molecule has 3 rings (SSSR count). The number of carbonyl (C=O) groups is 2. The molecule has 0 saturated carbocycles. The Labute approximate surface area is 228 Å². The van der Waals surface area contributed by atoms with Crippen LogP contribution in [0.3, 0.4) is 0 Å². The highest BCUT2D eigenvalue weighted by atomic mass is 32.2. The largest absolute Gasteiger partial charge is 0.492 e. The van der Waals surface area contributed by atoms with E-state index in [0.717, 1.165) is 16.8 Å². The van der Waals surface area contributed by atoms with E-state index in [0.29, 0.717) is 28.3 Å². The third kappa shape index (κ3) is 6.67. The van der Waals surface area contributed by atoms with Crippen molar-refractivity contribution < 1.29 is 14.3 Å². The fourth-order valence-electron chi connectivity index (χ4n) is 3.82. The van der Waals surface area contributed by atoms with Crippen LogP contribution in [0.5, 0.6) is 5.75 Å². The molecule has 3 aromatic carbocycles. The van der Waals surface area contributed by atoms with Gasteiger partial charge in [0.1, 0.15) is 0 Å². The molecule has 0 heterocycles. The molecule has 0 unspecified atom stereocenters. The van der Waals surface area contributed by atoms with Crippen LogP contribution in [0.25, 0.3) is 0 Å². The third-order valence-electron chi connectivity index (χ3n) is 5.95. The van der Waals surface area contributed by atoms with E-state index in [9.17, 15) is 9.59 Å². The van der Waals surface area contributed by atoms with Crippen molar-refractivity contribution in [1.29, 1.82) is 0 Å². The molecule has 0 saturated heterocycles. The van der Waals surface area contributed by atoms with Crippen molar-refractivity contribution in [2.24, 2.45) is 11.6 Å². The highest BCUT2D eigenvalue weighted by molar-refractivity contribution is 7.99. The maximum Gasteiger partial charge on any atom is 0.255 e. The Morgan fingerprint density at radius 2 is 1.66 bits per heavy atom. The topological polar surface area (TPSA) is 123 Å². The minimum atomic E-state index is -0.340. The van der Waals surface area contributed by atoms with Crippen molar-refractivity contribution in [3.63, 3.8) is 0 Å². The van der Waals surface area contributed by atoms with Crippen LogP contribution in [0.1, 0.15) is 52.6 Å². The first-order valence-electron chi connectivity index (χ1n) is 12.0. The minimum absolute atomic E-state index is 0.0227. The summed E-state index contributed by atoms with van der Waals surface area (Å²) in [6.07, 6.45) is 3.28. The van der Waals surface area contributed by atoms with Crippen molar-refractivity contribution in [2.45, 2.75) is 33.1 Å². The summed E-state index contributed by atoms with van der Waals surface area (Å²) in [7, 11) is 1.57. The number of aryl methyl sites for hydroxylation is 1. The molecule has 0 atom stereocenters. The number of rotatable bonds is 9. The number of carbonyl (C=O) groups excluding carboxylic acids is 2. The Morgan fingerprint density at radius 3 is 2.26 bits per heavy atom. The number of anilines is 3. The van der Waals surface area contributed by atoms with Gasteiger partial charge in [0.2, 0.25) is 5.78 Å². The second-order valence-corrected chi connectivity index (χ2v) is 10.4. The number of nitrogens with two attached hydrogens (primary N) is 2. The number of hydrogen-bond donors (Lipinski definition) is 4. The first kappa shape index (κ1) is 28.6. The molecule has 0 aliphatic rings. The zero-order chi connectivity index (χ0) is 28.0. The van der Waals surface area contributed by atoms with E-state index in [1.54, 1.807) is 49.6 Å². The molecule has 0 aliphatic carbocycles. The lowest BCUT2D eigenvalue weighted by atomic mass is 9.86. The first-order chi connectivity index (χ1) is 18.0. The number of methoxy groups -OCH3 is 1. The summed E-state index contributed by atoms with van der Waals surface area (Å²) in [4.78, 5) is 26.0. The van der Waals surface area contributed by atoms with E-state index in [1.807, 2.05) is 31.4 Å². The van der Waals surface area contributed by atoms with Crippen LogP contribution >= 0.6 is 11.9 Å². The molecule has 0 radical (unpaired) electrons. The molecule has 0 aliphatic heterocycles. The van der Waals surface area contributed by atoms with Gasteiger partial charge in [-0.3, -0.25) is 14.6 Å². The summed E-state index contributed by atoms with van der Waals surface area (Å²) in [5, 5.41) is 4.24. The van der Waals surface area contributed by atoms with Crippen LogP contribution in [0.4, 0.5) is 17.1 Å². The molecule has 8 nitrogen and oxygen atoms in total. The van der Waals surface area contributed by atoms with Crippen molar-refractivity contribution in [3.8, 4) is 5.75 Å². The number of nitrogens with one attached hydrogen (secondary N) is 2. The average Bonchev–Trinajstić information content (AvgIpc) is 2.88. The molecule has 0 bridgehead atoms. The molecule has 0 fully saturated rings. The van der Waals surface area contributed by atoms with Crippen molar-refractivity contribution in [1.82, 2.24) is 0 Å². The van der Waals surface area contributed by atoms with E-state index in [1.165, 1.54) is 23.2 Å². The Kier molecular flexibility index (Phi) is 9.08. The zero-order valence-corrected chi connectivity index (χ0v) is 23.4. The molecule has 0 spiro atoms. The van der Waals surface area contributed by atoms with Crippen molar-refractivity contribution in [3.05, 3.63) is 94.8 Å². The third-order valence-corrected chi connectivity index (χ3v) is 6.37. The monoisotopic (exact) mass is 533 g/mol. The van der Waals surface area contributed by atoms with E-state index in [2.05, 4.69) is 30.8 Å². The van der Waals surface area contributed by atoms with Gasteiger partial charge in [-0.25, -0.2) is 5.84 Å². The second kappa shape index (κ2) is 12.1. The number of ether oxygens (including phenoxy) is 1. The van der Waals surface area contributed by atoms with Crippen LogP contribution in [-0.4, -0.2) is 25.1 Å². The maximum absolute atomic E-state index is 13.4. The zero-order valence-electron chi connectivity index (χ0n) is 22.6. The summed E-state index contributed by atoms with van der Waals surface area (Å²) in [5.41, 5.74) is 10.4. The number of amides is 1. The molecule has 9 heteroatoms. The quantitative estimate of drug-likeness (QED) is 0.0921. The lowest BCUT2D eigenvalue weighted by molar-refractivity contribution is 0.102. The summed E-state index contributed by atoms with van der Waals surface area (Å²) in [6.45, 7) is 8.17. The van der Waals surface area contributed by atoms with Crippen molar-refractivity contribution in [2.75, 3.05) is 28.4 Å². The Morgan fingerprint density at radius 1 is 1.00 bits per heavy atom. The lowest BCUT2D eigenvalue weighted by Gasteiger charge is -2.24. The fraction of sp³-hybridized carbons (Fsp3) is 0.241. The molecule has 3 aromatic rings. The van der Waals surface area contributed by atoms with Gasteiger partial charge in [0, 0.05) is 23.6 Å². The highest BCUT2D eigenvalue weighted by Gasteiger charge is 2.21. The standard InChI is InChI=1S/C29H35N5O3S/c1-18-12-13-20(14-25(18)34(31)17-22(30)26(35)19-10-8-7-9-11-19)28(36)32-23-15-21(29(2,3)4)16-24(33-38-6)27(23)37-5/h7-17,33H,30-31H2,1-6H3,(H,32,36)/b22-17-. The molecule has 1 amide bonds. The van der Waals surface area contributed by atoms with E-state index < -0.39 is 0 Å². The number of hydrogen-bond acceptors (Lipinski definition) is 8. The van der Waals surface area contributed by atoms with Crippen LogP contribution in [0.15, 0.2) is 72.6 Å². The van der Waals surface area contributed by atoms with Crippen molar-refractivity contribution >= 4 is 40.7 Å². The highest BCUT2D eigenvalue weighted by Crippen LogP contribution is 2.39. The van der Waals surface area contributed by atoms with E-state index in [4.69, 9.17) is 16.3 Å². The molecular weight excluding hydrogens is 498 g/mol. The molecule has 38 heavy (non-hydrogen) atoms. The number of benzene rings is 3. The fourth-order valence-corrected chi connectivity index (χ4v) is 4.19. The number of hydrazine groups is 1. The van der Waals surface area contributed by atoms with Gasteiger partial charge < -0.3 is 20.5 Å². The van der Waals surface area contributed by atoms with Gasteiger partial charge >= 0.3 is 0 Å². The Hall–Kier alpha value is -3.95. The van der Waals surface area contributed by atoms with Gasteiger partial charge in [-0.1, -0.05) is 69.1 Å². The number of ketones is 1. The average molecular weight is 534 g/mol. The lowest BCUT2D eigenvalue weighted by Crippen LogP contribution is -2.29. The Balaban J connectivity index is 1.92. The van der Waals surface area contributed by atoms with Gasteiger partial charge in [-0.05, 0) is 47.7 Å². The van der Waals surface area contributed by atoms with E-state index in [-0.39, 0.29) is 22.8 Å². The van der Waals surface area contributed by atoms with Crippen LogP contribution in [0, 0.1) is 6.92 Å². The predicted molar refractivity (Wildman–Crippen MR) is 158 cm³/mol. The van der Waals surface area contributed by atoms with Gasteiger partial charge in [0.15, 0.2) is 5.75 Å². The number of allylic oxidation sites excluding steroid dienone is 1. The van der Waals surface area contributed by atoms with Gasteiger partial charge in [0.05, 0.1) is 29.9 Å². The second-order valence-electron chi connectivity index (χ2n) is 9.80. The predicted octanol–water partition coefficient (Wildman–Crippen LogP) is 5.61. The molecular formula is C29H35N5O3S. The van der Waals surface area contributed by atoms with Crippen LogP contribution in [0.2, 0.25) is 0 Å². The number of nitrogens with zero attached hydrogens (tertiary/aromatic N) is 1. The first-order valence-corrected chi connectivity index (χ1v) is 13.2. The summed E-state index contributed by atoms with van der Waals surface area (Å²) in [6, 6.07) is 17.8. The summed E-state index contributed by atoms with van der Waals surface area (Å²) in [5.74, 6) is 6.12. The van der Waals surface area contributed by atoms with Gasteiger partial charge in [-0.2, -0.15) is 0 Å². The smallest absolute Gasteiger partial charge is 0.255 e. The molecule has 0 aromatic heterocycles. The summed E-state index contributed by atoms with van der Waals surface area (Å²) >= 11 is 1.44. The van der Waals surface area contributed by atoms with E-state index >= 15 is 0 Å². The molecule has 6 N–H and O–H groups in total. The van der Waals surface area contributed by atoms with Gasteiger partial charge in [0.25, 0.3) is 5.91 Å². The normalized spacial score (nSPS) is 11.6. The Bertz CT molecular complexity index is 1350. The summed E-state index contributed by atoms with van der Waals surface area (Å²) < 4.78 is 8.88. The number of Topliss-reactive ketones (excluding diaryl/α,β-unsaturated/α-hetero) is 1. The SMILES string of the molecule is COc1c(NSC)cc(C(C)(C)C)cc1NC(=O)c1ccc(C)c(N(N)/C=C(\N)C(=O)c2ccccc2)c1. The minimum Gasteiger partial charge on any atom is -0.492 e. The molecule has 200 valence electrons. The van der Waals surface area contributed by atoms with Crippen LogP contribution in [-0.2, 0) is 5.41 Å².